The highest BCUT2D eigenvalue weighted by atomic mass is 35.5. The monoisotopic (exact) mass is 367 g/mol. The largest absolute Gasteiger partial charge is 0.326 e. The zero-order valence-electron chi connectivity index (χ0n) is 13.6. The minimum atomic E-state index is -0.665. The summed E-state index contributed by atoms with van der Waals surface area (Å²) in [5.41, 5.74) is -0.665. The number of imide groups is 1. The molecule has 0 bridgehead atoms. The fraction of sp³-hybridized carbons (Fsp3) is 0.529. The molecule has 1 N–H and O–H groups in total. The van der Waals surface area contributed by atoms with Gasteiger partial charge in [0.2, 0.25) is 0 Å². The normalized spacial score (nSPS) is 20.0. The number of carbonyl (C=O) groups excluding carboxylic acids is 2. The van der Waals surface area contributed by atoms with Gasteiger partial charge in [-0.1, -0.05) is 36.9 Å². The van der Waals surface area contributed by atoms with E-state index in [2.05, 4.69) is 11.9 Å². The van der Waals surface area contributed by atoms with Crippen molar-refractivity contribution >= 4 is 34.9 Å². The summed E-state index contributed by atoms with van der Waals surface area (Å²) in [5.74, 6) is -0.0783. The van der Waals surface area contributed by atoms with Crippen LogP contribution in [0, 0.1) is 0 Å². The summed E-state index contributed by atoms with van der Waals surface area (Å²) >= 11 is 7.49. The third-order valence-corrected chi connectivity index (χ3v) is 5.91. The molecule has 2 heterocycles. The quantitative estimate of drug-likeness (QED) is 0.617. The average Bonchev–Trinajstić information content (AvgIpc) is 3.05. The first kappa shape index (κ1) is 17.5. The van der Waals surface area contributed by atoms with Crippen molar-refractivity contribution in [1.29, 1.82) is 0 Å². The summed E-state index contributed by atoms with van der Waals surface area (Å²) in [7, 11) is 0. The van der Waals surface area contributed by atoms with Crippen molar-refractivity contribution in [3.63, 3.8) is 0 Å². The second-order valence-electron chi connectivity index (χ2n) is 6.45. The molecule has 0 atom stereocenters. The van der Waals surface area contributed by atoms with Crippen molar-refractivity contribution in [2.75, 3.05) is 13.2 Å². The van der Waals surface area contributed by atoms with Gasteiger partial charge in [0, 0.05) is 18.0 Å². The van der Waals surface area contributed by atoms with Gasteiger partial charge in [0.1, 0.15) is 5.54 Å². The minimum Gasteiger partial charge on any atom is -0.323 e. The van der Waals surface area contributed by atoms with Crippen LogP contribution in [0.1, 0.15) is 37.0 Å². The van der Waals surface area contributed by atoms with Crippen LogP contribution in [-0.2, 0) is 11.3 Å². The summed E-state index contributed by atoms with van der Waals surface area (Å²) in [6.07, 6.45) is 6.39. The molecule has 3 amide bonds. The number of hydrogen-bond donors (Lipinski definition) is 1. The van der Waals surface area contributed by atoms with Crippen LogP contribution in [0.5, 0.6) is 0 Å². The molecule has 2 fully saturated rings. The fourth-order valence-electron chi connectivity index (χ4n) is 3.51. The Kier molecular flexibility index (Phi) is 5.27. The molecule has 7 heteroatoms. The predicted molar refractivity (Wildman–Crippen MR) is 96.0 cm³/mol. The maximum atomic E-state index is 12.9. The van der Waals surface area contributed by atoms with Gasteiger partial charge < -0.3 is 5.32 Å². The van der Waals surface area contributed by atoms with Gasteiger partial charge in [0.05, 0.1) is 11.0 Å². The summed E-state index contributed by atoms with van der Waals surface area (Å²) < 4.78 is 0.736. The average molecular weight is 368 g/mol. The molecule has 0 radical (unpaired) electrons. The number of nitrogens with zero attached hydrogens (tertiary/aromatic N) is 2. The highest BCUT2D eigenvalue weighted by Gasteiger charge is 2.51. The second-order valence-corrected chi connectivity index (χ2v) is 8.25. The number of urea groups is 1. The van der Waals surface area contributed by atoms with E-state index in [-0.39, 0.29) is 18.6 Å². The van der Waals surface area contributed by atoms with Crippen LogP contribution in [-0.4, -0.2) is 40.5 Å². The molecule has 1 aromatic heterocycles. The zero-order valence-corrected chi connectivity index (χ0v) is 15.2. The third kappa shape index (κ3) is 3.50. The first-order valence-electron chi connectivity index (χ1n) is 8.26. The smallest absolute Gasteiger partial charge is 0.323 e. The number of rotatable bonds is 6. The lowest BCUT2D eigenvalue weighted by Crippen LogP contribution is -2.49. The molecule has 5 nitrogen and oxygen atoms in total. The molecule has 1 spiro atoms. The number of thiophene rings is 1. The molecular formula is C17H22ClN3O2S. The number of nitrogens with one attached hydrogen (secondary N) is 1. The van der Waals surface area contributed by atoms with Gasteiger partial charge in [-0.15, -0.1) is 17.9 Å². The molecule has 0 aromatic carbocycles. The highest BCUT2D eigenvalue weighted by Crippen LogP contribution is 2.34. The molecule has 1 saturated carbocycles. The van der Waals surface area contributed by atoms with Crippen LogP contribution in [0.2, 0.25) is 4.34 Å². The lowest BCUT2D eigenvalue weighted by molar-refractivity contribution is -0.133. The number of amides is 3. The summed E-state index contributed by atoms with van der Waals surface area (Å²) in [5, 5.41) is 2.95. The van der Waals surface area contributed by atoms with Crippen LogP contribution >= 0.6 is 22.9 Å². The summed E-state index contributed by atoms with van der Waals surface area (Å²) in [4.78, 5) is 29.7. The van der Waals surface area contributed by atoms with E-state index in [4.69, 9.17) is 11.6 Å². The molecule has 0 unspecified atom stereocenters. The lowest BCUT2D eigenvalue weighted by Gasteiger charge is -2.31. The van der Waals surface area contributed by atoms with E-state index < -0.39 is 5.54 Å². The first-order valence-corrected chi connectivity index (χ1v) is 9.45. The van der Waals surface area contributed by atoms with Crippen molar-refractivity contribution in [3.05, 3.63) is 34.0 Å². The van der Waals surface area contributed by atoms with Crippen LogP contribution < -0.4 is 5.32 Å². The third-order valence-electron chi connectivity index (χ3n) is 4.69. The van der Waals surface area contributed by atoms with Gasteiger partial charge in [-0.05, 0) is 25.0 Å². The van der Waals surface area contributed by atoms with Gasteiger partial charge in [-0.2, -0.15) is 0 Å². The Bertz CT molecular complexity index is 640. The van der Waals surface area contributed by atoms with Crippen molar-refractivity contribution < 1.29 is 9.59 Å². The molecule has 1 aromatic rings. The molecule has 1 aliphatic heterocycles. The Hall–Kier alpha value is -1.37. The van der Waals surface area contributed by atoms with E-state index in [1.165, 1.54) is 16.2 Å². The van der Waals surface area contributed by atoms with Crippen LogP contribution in [0.25, 0.3) is 0 Å². The molecule has 24 heavy (non-hydrogen) atoms. The van der Waals surface area contributed by atoms with E-state index in [1.807, 2.05) is 17.0 Å². The Morgan fingerprint density at radius 3 is 2.71 bits per heavy atom. The van der Waals surface area contributed by atoms with Crippen LogP contribution in [0.3, 0.4) is 0 Å². The van der Waals surface area contributed by atoms with Crippen molar-refractivity contribution in [1.82, 2.24) is 15.1 Å². The van der Waals surface area contributed by atoms with Gasteiger partial charge in [-0.25, -0.2) is 9.69 Å². The summed E-state index contributed by atoms with van der Waals surface area (Å²) in [6.45, 7) is 5.28. The van der Waals surface area contributed by atoms with Crippen LogP contribution in [0.4, 0.5) is 4.79 Å². The van der Waals surface area contributed by atoms with Crippen molar-refractivity contribution in [2.45, 2.75) is 44.2 Å². The van der Waals surface area contributed by atoms with Crippen molar-refractivity contribution in [3.8, 4) is 0 Å². The molecule has 1 aliphatic carbocycles. The second kappa shape index (κ2) is 7.25. The Morgan fingerprint density at radius 2 is 2.08 bits per heavy atom. The topological polar surface area (TPSA) is 52.6 Å². The van der Waals surface area contributed by atoms with E-state index in [0.29, 0.717) is 13.1 Å². The van der Waals surface area contributed by atoms with Gasteiger partial charge in [-0.3, -0.25) is 9.69 Å². The maximum absolute atomic E-state index is 12.9. The van der Waals surface area contributed by atoms with E-state index in [0.717, 1.165) is 41.3 Å². The lowest BCUT2D eigenvalue weighted by atomic mass is 9.82. The molecule has 3 rings (SSSR count). The number of carbonyl (C=O) groups is 2. The Balaban J connectivity index is 1.70. The minimum absolute atomic E-state index is 0.0783. The first-order chi connectivity index (χ1) is 11.5. The molecular weight excluding hydrogens is 346 g/mol. The molecule has 1 saturated heterocycles. The number of halogens is 1. The molecule has 2 aliphatic rings. The van der Waals surface area contributed by atoms with E-state index in [1.54, 1.807) is 6.08 Å². The van der Waals surface area contributed by atoms with Gasteiger partial charge in [0.25, 0.3) is 5.91 Å². The molecule has 130 valence electrons. The van der Waals surface area contributed by atoms with E-state index >= 15 is 0 Å². The Labute approximate surface area is 151 Å². The van der Waals surface area contributed by atoms with E-state index in [9.17, 15) is 9.59 Å². The predicted octanol–water partition coefficient (Wildman–Crippen LogP) is 3.60. The zero-order chi connectivity index (χ0) is 17.2. The Morgan fingerprint density at radius 1 is 1.33 bits per heavy atom. The SMILES string of the molecule is C=CCN(Cc1ccc(Cl)s1)CN1C(=O)NC2(CCCCC2)C1=O. The highest BCUT2D eigenvalue weighted by molar-refractivity contribution is 7.16. The van der Waals surface area contributed by atoms with Gasteiger partial charge in [0.15, 0.2) is 0 Å². The van der Waals surface area contributed by atoms with Gasteiger partial charge >= 0.3 is 6.03 Å². The standard InChI is InChI=1S/C17H22ClN3O2S/c1-2-10-20(11-13-6-7-14(18)24-13)12-21-15(22)17(19-16(21)23)8-4-3-5-9-17/h2,6-7H,1,3-5,8-12H2,(H,19,23). The fourth-order valence-corrected chi connectivity index (χ4v) is 4.64. The number of hydrogen-bond acceptors (Lipinski definition) is 4. The summed E-state index contributed by atoms with van der Waals surface area (Å²) in [6, 6.07) is 3.55. The maximum Gasteiger partial charge on any atom is 0.326 e. The van der Waals surface area contributed by atoms with Crippen molar-refractivity contribution in [2.24, 2.45) is 0 Å². The van der Waals surface area contributed by atoms with Crippen LogP contribution in [0.15, 0.2) is 24.8 Å².